The van der Waals surface area contributed by atoms with Gasteiger partial charge in [-0.05, 0) is 49.6 Å². The number of ether oxygens (including phenoxy) is 1. The number of carboxylic acids is 1. The van der Waals surface area contributed by atoms with Crippen molar-refractivity contribution in [2.75, 3.05) is 6.61 Å². The van der Waals surface area contributed by atoms with Gasteiger partial charge in [-0.1, -0.05) is 18.2 Å². The molecule has 222 valence electrons. The van der Waals surface area contributed by atoms with Crippen molar-refractivity contribution in [3.63, 3.8) is 0 Å². The van der Waals surface area contributed by atoms with Crippen molar-refractivity contribution in [3.05, 3.63) is 94.9 Å². The minimum Gasteiger partial charge on any atom is -0.493 e. The maximum atomic E-state index is 15.2. The van der Waals surface area contributed by atoms with E-state index in [0.717, 1.165) is 41.6 Å². The lowest BCUT2D eigenvalue weighted by atomic mass is 9.74. The highest BCUT2D eigenvalue weighted by Crippen LogP contribution is 2.45. The van der Waals surface area contributed by atoms with E-state index in [1.807, 2.05) is 13.0 Å². The molecule has 3 aromatic carbocycles. The maximum absolute atomic E-state index is 15.2. The molecule has 8 nitrogen and oxygen atoms in total. The van der Waals surface area contributed by atoms with E-state index in [0.29, 0.717) is 24.5 Å². The van der Waals surface area contributed by atoms with E-state index in [-0.39, 0.29) is 24.2 Å². The second-order valence-corrected chi connectivity index (χ2v) is 12.3. The molecule has 1 aliphatic heterocycles. The largest absolute Gasteiger partial charge is 0.493 e. The van der Waals surface area contributed by atoms with Crippen LogP contribution in [-0.4, -0.2) is 41.1 Å². The zero-order valence-corrected chi connectivity index (χ0v) is 23.3. The number of aliphatic carboxylic acids is 1. The van der Waals surface area contributed by atoms with E-state index in [2.05, 4.69) is 15.0 Å². The molecule has 6 rings (SSSR count). The van der Waals surface area contributed by atoms with E-state index in [9.17, 15) is 22.0 Å². The first-order valence-electron chi connectivity index (χ1n) is 13.1. The zero-order valence-electron chi connectivity index (χ0n) is 22.5. The summed E-state index contributed by atoms with van der Waals surface area (Å²) < 4.78 is 92.5. The van der Waals surface area contributed by atoms with Crippen molar-refractivity contribution < 1.29 is 40.6 Å². The van der Waals surface area contributed by atoms with E-state index < -0.39 is 65.2 Å². The number of benzene rings is 3. The normalized spacial score (nSPS) is 16.7. The van der Waals surface area contributed by atoms with Crippen LogP contribution in [0.3, 0.4) is 0 Å². The van der Waals surface area contributed by atoms with Gasteiger partial charge in [0.25, 0.3) is 0 Å². The van der Waals surface area contributed by atoms with Gasteiger partial charge in [0.15, 0.2) is 17.5 Å². The maximum Gasteiger partial charge on any atom is 0.303 e. The average molecular weight is 614 g/mol. The number of hydrogen-bond donors (Lipinski definition) is 3. The predicted molar refractivity (Wildman–Crippen MR) is 147 cm³/mol. The molecule has 0 fully saturated rings. The lowest BCUT2D eigenvalue weighted by molar-refractivity contribution is -0.136. The highest BCUT2D eigenvalue weighted by Gasteiger charge is 2.38. The van der Waals surface area contributed by atoms with Crippen LogP contribution in [0.1, 0.15) is 36.6 Å². The van der Waals surface area contributed by atoms with Crippen molar-refractivity contribution in [1.29, 1.82) is 0 Å². The number of carboxylic acid groups (broad SMARTS) is 1. The number of aromatic amines is 2. The predicted octanol–water partition coefficient (Wildman–Crippen LogP) is 6.05. The van der Waals surface area contributed by atoms with Crippen molar-refractivity contribution in [3.8, 4) is 17.1 Å². The Morgan fingerprint density at radius 2 is 1.88 bits per heavy atom. The highest BCUT2D eigenvalue weighted by atomic mass is 32.2. The molecule has 0 bridgehead atoms. The first-order chi connectivity index (χ1) is 20.4. The van der Waals surface area contributed by atoms with Crippen LogP contribution in [-0.2, 0) is 26.5 Å². The molecule has 0 radical (unpaired) electrons. The van der Waals surface area contributed by atoms with Gasteiger partial charge in [0, 0.05) is 40.9 Å². The minimum atomic E-state index is -4.99. The molecule has 3 heterocycles. The lowest BCUT2D eigenvalue weighted by Gasteiger charge is -2.36. The molecule has 0 amide bonds. The van der Waals surface area contributed by atoms with Crippen molar-refractivity contribution in [2.45, 2.75) is 41.4 Å². The van der Waals surface area contributed by atoms with Gasteiger partial charge in [-0.2, -0.15) is 0 Å². The highest BCUT2D eigenvalue weighted by molar-refractivity contribution is 7.91. The number of aromatic nitrogens is 3. The van der Waals surface area contributed by atoms with Crippen molar-refractivity contribution >= 4 is 26.7 Å². The Balaban J connectivity index is 1.41. The monoisotopic (exact) mass is 613 g/mol. The van der Waals surface area contributed by atoms with Crippen LogP contribution >= 0.6 is 0 Å². The van der Waals surface area contributed by atoms with Gasteiger partial charge in [0.05, 0.1) is 22.6 Å². The molecule has 0 spiro atoms. The third kappa shape index (κ3) is 4.54. The van der Waals surface area contributed by atoms with Gasteiger partial charge >= 0.3 is 5.97 Å². The van der Waals surface area contributed by atoms with Gasteiger partial charge < -0.3 is 19.8 Å². The molecule has 0 unspecified atom stereocenters. The fourth-order valence-corrected chi connectivity index (χ4v) is 6.93. The van der Waals surface area contributed by atoms with Crippen LogP contribution in [0.4, 0.5) is 17.6 Å². The Bertz CT molecular complexity index is 2040. The molecular formula is C30H23F4N3O5S. The summed E-state index contributed by atoms with van der Waals surface area (Å²) in [5.41, 5.74) is 0.516. The van der Waals surface area contributed by atoms with Crippen molar-refractivity contribution in [1.82, 2.24) is 15.0 Å². The van der Waals surface area contributed by atoms with Crippen LogP contribution in [0, 0.1) is 23.3 Å². The smallest absolute Gasteiger partial charge is 0.303 e. The van der Waals surface area contributed by atoms with Gasteiger partial charge in [0.1, 0.15) is 22.3 Å². The number of aryl methyl sites for hydroxylation is 1. The molecule has 0 saturated heterocycles. The summed E-state index contributed by atoms with van der Waals surface area (Å²) in [4.78, 5) is 18.6. The van der Waals surface area contributed by atoms with E-state index in [1.165, 1.54) is 6.20 Å². The molecule has 1 atom stereocenters. The second kappa shape index (κ2) is 10.3. The molecule has 0 aliphatic carbocycles. The summed E-state index contributed by atoms with van der Waals surface area (Å²) >= 11 is 0. The van der Waals surface area contributed by atoms with Gasteiger partial charge in [0.2, 0.25) is 9.84 Å². The first kappa shape index (κ1) is 28.5. The fourth-order valence-electron chi connectivity index (χ4n) is 5.51. The van der Waals surface area contributed by atoms with Crippen LogP contribution in [0.2, 0.25) is 0 Å². The van der Waals surface area contributed by atoms with Gasteiger partial charge in [-0.25, -0.2) is 31.0 Å². The van der Waals surface area contributed by atoms with E-state index >= 15 is 8.78 Å². The fraction of sp³-hybridized carbons (Fsp3) is 0.200. The minimum absolute atomic E-state index is 0.0472. The number of para-hydroxylation sites is 1. The molecule has 43 heavy (non-hydrogen) atoms. The summed E-state index contributed by atoms with van der Waals surface area (Å²) in [6.07, 6.45) is 3.29. The number of sulfone groups is 1. The van der Waals surface area contributed by atoms with Crippen LogP contribution in [0.15, 0.2) is 64.6 Å². The number of nitrogens with zero attached hydrogens (tertiary/aromatic N) is 1. The number of rotatable bonds is 7. The SMILES string of the molecule is C[C@]1(c2cnc(-c3cc(S(=O)(=O)c4c(F)c(F)c5[nH]ccc5c4F)ccc3F)[nH]2)CCOc2c(CCC(=O)O)cccc21. The van der Waals surface area contributed by atoms with Crippen LogP contribution in [0.5, 0.6) is 5.75 Å². The Kier molecular flexibility index (Phi) is 6.79. The number of hydrogen-bond acceptors (Lipinski definition) is 5. The number of nitrogens with one attached hydrogen (secondary N) is 2. The third-order valence-electron chi connectivity index (χ3n) is 7.88. The lowest BCUT2D eigenvalue weighted by Crippen LogP contribution is -2.32. The molecular weight excluding hydrogens is 590 g/mol. The van der Waals surface area contributed by atoms with Crippen molar-refractivity contribution in [2.24, 2.45) is 0 Å². The molecule has 0 saturated carbocycles. The topological polar surface area (TPSA) is 125 Å². The molecule has 1 aliphatic rings. The Morgan fingerprint density at radius 3 is 2.65 bits per heavy atom. The zero-order chi connectivity index (χ0) is 30.7. The summed E-state index contributed by atoms with van der Waals surface area (Å²) in [5, 5.41) is 8.67. The number of carbonyl (C=O) groups is 1. The number of halogens is 4. The summed E-state index contributed by atoms with van der Waals surface area (Å²) in [6.45, 7) is 2.23. The molecule has 13 heteroatoms. The number of fused-ring (bicyclic) bond motifs is 2. The van der Waals surface area contributed by atoms with E-state index in [4.69, 9.17) is 9.84 Å². The Morgan fingerprint density at radius 1 is 1.09 bits per heavy atom. The molecule has 2 aromatic heterocycles. The van der Waals surface area contributed by atoms with E-state index in [1.54, 1.807) is 12.1 Å². The average Bonchev–Trinajstić information content (AvgIpc) is 3.67. The Hall–Kier alpha value is -4.65. The summed E-state index contributed by atoms with van der Waals surface area (Å²) in [6, 6.07) is 9.05. The van der Waals surface area contributed by atoms with Gasteiger partial charge in [-0.3, -0.25) is 4.79 Å². The van der Waals surface area contributed by atoms with Crippen LogP contribution in [0.25, 0.3) is 22.3 Å². The summed E-state index contributed by atoms with van der Waals surface area (Å²) in [7, 11) is -4.99. The number of H-pyrrole nitrogens is 2. The quantitative estimate of drug-likeness (QED) is 0.117. The summed E-state index contributed by atoms with van der Waals surface area (Å²) in [5.74, 6) is -6.22. The van der Waals surface area contributed by atoms with Gasteiger partial charge in [-0.15, -0.1) is 0 Å². The molecule has 5 aromatic rings. The Labute approximate surface area is 242 Å². The first-order valence-corrected chi connectivity index (χ1v) is 14.6. The van der Waals surface area contributed by atoms with Crippen LogP contribution < -0.4 is 4.74 Å². The second-order valence-electron chi connectivity index (χ2n) is 10.4. The standard InChI is InChI=1S/C30H23F4N3O5S/c1-30(10-12-42-27-15(5-8-22(38)39)3-2-4-19(27)30)21-14-36-29(37-21)18-13-16(6-7-20(18)31)43(40,41)28-23(32)17-9-11-35-26(17)24(33)25(28)34/h2-4,6-7,9,11,13-14,35H,5,8,10,12H2,1H3,(H,36,37)(H,38,39)/t30-/m0/s1. The number of imidazole rings is 1. The third-order valence-corrected chi connectivity index (χ3v) is 9.65. The molecule has 3 N–H and O–H groups in total.